The Labute approximate surface area is 161 Å². The van der Waals surface area contributed by atoms with Crippen molar-refractivity contribution in [2.24, 2.45) is 0 Å². The molecule has 2 aliphatic rings. The number of benzene rings is 2. The van der Waals surface area contributed by atoms with E-state index in [9.17, 15) is 9.90 Å². The van der Waals surface area contributed by atoms with Crippen LogP contribution in [0.3, 0.4) is 0 Å². The molecular weight excluding hydrogens is 336 g/mol. The summed E-state index contributed by atoms with van der Waals surface area (Å²) in [4.78, 5) is 17.5. The number of aromatic hydroxyl groups is 1. The number of rotatable bonds is 4. The highest BCUT2D eigenvalue weighted by molar-refractivity contribution is 5.84. The number of carbonyl (C=O) groups excluding carboxylic acids is 1. The van der Waals surface area contributed by atoms with E-state index in [1.807, 2.05) is 35.2 Å². The molecule has 2 heterocycles. The molecule has 1 amide bonds. The minimum absolute atomic E-state index is 0.0388. The molecule has 2 atom stereocenters. The fourth-order valence-electron chi connectivity index (χ4n) is 4.61. The molecule has 0 bridgehead atoms. The van der Waals surface area contributed by atoms with E-state index in [0.717, 1.165) is 38.9 Å². The van der Waals surface area contributed by atoms with Crippen molar-refractivity contribution in [1.82, 2.24) is 9.80 Å². The molecule has 0 saturated carbocycles. The van der Waals surface area contributed by atoms with Crippen molar-refractivity contribution >= 4 is 5.91 Å². The average Bonchev–Trinajstić information content (AvgIpc) is 3.10. The maximum absolute atomic E-state index is 13.1. The van der Waals surface area contributed by atoms with Crippen molar-refractivity contribution in [2.45, 2.75) is 44.2 Å². The molecule has 142 valence electrons. The van der Waals surface area contributed by atoms with Gasteiger partial charge in [-0.2, -0.15) is 0 Å². The SMILES string of the molecule is CC(c1ccccc1)N1CC[C@@H](N2CCC(c3ccc(O)cc3)CC2)C1=O. The summed E-state index contributed by atoms with van der Waals surface area (Å²) in [6.07, 6.45) is 3.07. The molecule has 1 N–H and O–H groups in total. The van der Waals surface area contributed by atoms with Crippen molar-refractivity contribution in [1.29, 1.82) is 0 Å². The first-order valence-corrected chi connectivity index (χ1v) is 10.0. The summed E-state index contributed by atoms with van der Waals surface area (Å²) in [6.45, 7) is 4.91. The van der Waals surface area contributed by atoms with Gasteiger partial charge in [0.1, 0.15) is 5.75 Å². The Bertz CT molecular complexity index is 767. The van der Waals surface area contributed by atoms with Gasteiger partial charge in [0.05, 0.1) is 12.1 Å². The number of phenolic OH excluding ortho intramolecular Hbond substituents is 1. The van der Waals surface area contributed by atoms with Gasteiger partial charge in [0.25, 0.3) is 0 Å². The Hall–Kier alpha value is -2.33. The minimum atomic E-state index is 0.0388. The van der Waals surface area contributed by atoms with E-state index < -0.39 is 0 Å². The Balaban J connectivity index is 1.36. The maximum Gasteiger partial charge on any atom is 0.240 e. The predicted molar refractivity (Wildman–Crippen MR) is 107 cm³/mol. The van der Waals surface area contributed by atoms with Crippen LogP contribution in [0, 0.1) is 0 Å². The largest absolute Gasteiger partial charge is 0.508 e. The Morgan fingerprint density at radius 2 is 1.59 bits per heavy atom. The van der Waals surface area contributed by atoms with Crippen molar-refractivity contribution in [3.05, 3.63) is 65.7 Å². The monoisotopic (exact) mass is 364 g/mol. The standard InChI is InChI=1S/C23H28N2O2/c1-17(18-5-3-2-4-6-18)25-16-13-22(23(25)27)24-14-11-20(12-15-24)19-7-9-21(26)10-8-19/h2-10,17,20,22,26H,11-16H2,1H3/t17?,22-/m1/s1. The number of piperidine rings is 1. The topological polar surface area (TPSA) is 43.8 Å². The van der Waals surface area contributed by atoms with Gasteiger partial charge < -0.3 is 10.0 Å². The second kappa shape index (κ2) is 7.73. The van der Waals surface area contributed by atoms with Gasteiger partial charge in [-0.3, -0.25) is 9.69 Å². The lowest BCUT2D eigenvalue weighted by atomic mass is 9.89. The van der Waals surface area contributed by atoms with Crippen LogP contribution in [0.4, 0.5) is 0 Å². The molecule has 4 rings (SSSR count). The zero-order chi connectivity index (χ0) is 18.8. The van der Waals surface area contributed by atoms with Crippen molar-refractivity contribution < 1.29 is 9.90 Å². The average molecular weight is 364 g/mol. The van der Waals surface area contributed by atoms with Gasteiger partial charge in [-0.25, -0.2) is 0 Å². The van der Waals surface area contributed by atoms with Crippen LogP contribution in [0.1, 0.15) is 49.3 Å². The van der Waals surface area contributed by atoms with Gasteiger partial charge in [-0.05, 0) is 68.5 Å². The summed E-state index contributed by atoms with van der Waals surface area (Å²) >= 11 is 0. The first kappa shape index (κ1) is 18.1. The van der Waals surface area contributed by atoms with Crippen LogP contribution in [0.2, 0.25) is 0 Å². The van der Waals surface area contributed by atoms with Gasteiger partial charge >= 0.3 is 0 Å². The van der Waals surface area contributed by atoms with Crippen LogP contribution in [0.25, 0.3) is 0 Å². The fraction of sp³-hybridized carbons (Fsp3) is 0.435. The van der Waals surface area contributed by atoms with E-state index in [4.69, 9.17) is 0 Å². The summed E-state index contributed by atoms with van der Waals surface area (Å²) < 4.78 is 0. The number of amides is 1. The van der Waals surface area contributed by atoms with Crippen LogP contribution in [-0.4, -0.2) is 46.5 Å². The smallest absolute Gasteiger partial charge is 0.240 e. The first-order valence-electron chi connectivity index (χ1n) is 10.0. The lowest BCUT2D eigenvalue weighted by Crippen LogP contribution is -2.45. The van der Waals surface area contributed by atoms with Crippen LogP contribution in [-0.2, 0) is 4.79 Å². The van der Waals surface area contributed by atoms with Crippen LogP contribution >= 0.6 is 0 Å². The molecule has 2 aromatic rings. The van der Waals surface area contributed by atoms with Crippen molar-refractivity contribution in [3.63, 3.8) is 0 Å². The molecule has 2 aliphatic heterocycles. The van der Waals surface area contributed by atoms with Crippen LogP contribution in [0.5, 0.6) is 5.75 Å². The highest BCUT2D eigenvalue weighted by atomic mass is 16.3. The number of hydrogen-bond donors (Lipinski definition) is 1. The second-order valence-corrected chi connectivity index (χ2v) is 7.82. The number of likely N-dealkylation sites (tertiary alicyclic amines) is 2. The quantitative estimate of drug-likeness (QED) is 0.894. The van der Waals surface area contributed by atoms with Gasteiger partial charge in [0.2, 0.25) is 5.91 Å². The van der Waals surface area contributed by atoms with Gasteiger partial charge in [-0.1, -0.05) is 42.5 Å². The molecule has 4 nitrogen and oxygen atoms in total. The molecule has 0 aromatic heterocycles. The molecule has 0 radical (unpaired) electrons. The molecular formula is C23H28N2O2. The van der Waals surface area contributed by atoms with E-state index in [1.54, 1.807) is 12.1 Å². The molecule has 2 saturated heterocycles. The predicted octanol–water partition coefficient (Wildman–Crippen LogP) is 3.93. The molecule has 1 unspecified atom stereocenters. The second-order valence-electron chi connectivity index (χ2n) is 7.82. The summed E-state index contributed by atoms with van der Waals surface area (Å²) in [5.41, 5.74) is 2.50. The van der Waals surface area contributed by atoms with E-state index in [1.165, 1.54) is 11.1 Å². The lowest BCUT2D eigenvalue weighted by molar-refractivity contribution is -0.134. The van der Waals surface area contributed by atoms with Crippen LogP contribution in [0.15, 0.2) is 54.6 Å². The summed E-state index contributed by atoms with van der Waals surface area (Å²) in [7, 11) is 0. The third-order valence-corrected chi connectivity index (χ3v) is 6.30. The minimum Gasteiger partial charge on any atom is -0.508 e. The Kier molecular flexibility index (Phi) is 5.17. The van der Waals surface area contributed by atoms with E-state index >= 15 is 0 Å². The maximum atomic E-state index is 13.1. The third kappa shape index (κ3) is 3.72. The summed E-state index contributed by atoms with van der Waals surface area (Å²) in [5.74, 6) is 1.13. The van der Waals surface area contributed by atoms with E-state index in [-0.39, 0.29) is 18.0 Å². The summed E-state index contributed by atoms with van der Waals surface area (Å²) in [5, 5.41) is 9.47. The number of carbonyl (C=O) groups is 1. The van der Waals surface area contributed by atoms with Crippen LogP contribution < -0.4 is 0 Å². The van der Waals surface area contributed by atoms with E-state index in [2.05, 4.69) is 24.0 Å². The zero-order valence-electron chi connectivity index (χ0n) is 15.9. The number of phenols is 1. The zero-order valence-corrected chi connectivity index (χ0v) is 15.9. The van der Waals surface area contributed by atoms with Gasteiger partial charge in [0, 0.05) is 6.54 Å². The van der Waals surface area contributed by atoms with Gasteiger partial charge in [-0.15, -0.1) is 0 Å². The van der Waals surface area contributed by atoms with Gasteiger partial charge in [0.15, 0.2) is 0 Å². The highest BCUT2D eigenvalue weighted by Gasteiger charge is 2.39. The molecule has 2 fully saturated rings. The first-order chi connectivity index (χ1) is 13.1. The van der Waals surface area contributed by atoms with E-state index in [0.29, 0.717) is 11.7 Å². The number of nitrogens with zero attached hydrogens (tertiary/aromatic N) is 2. The summed E-state index contributed by atoms with van der Waals surface area (Å²) in [6, 6.07) is 18.1. The molecule has 2 aromatic carbocycles. The lowest BCUT2D eigenvalue weighted by Gasteiger charge is -2.35. The van der Waals surface area contributed by atoms with Crippen molar-refractivity contribution in [2.75, 3.05) is 19.6 Å². The normalized spacial score (nSPS) is 22.9. The fourth-order valence-corrected chi connectivity index (χ4v) is 4.61. The Morgan fingerprint density at radius 1 is 0.926 bits per heavy atom. The van der Waals surface area contributed by atoms with Crippen molar-refractivity contribution in [3.8, 4) is 5.75 Å². The highest BCUT2D eigenvalue weighted by Crippen LogP contribution is 2.33. The number of hydrogen-bond acceptors (Lipinski definition) is 3. The molecule has 4 heteroatoms. The third-order valence-electron chi connectivity index (χ3n) is 6.30. The Morgan fingerprint density at radius 3 is 2.26 bits per heavy atom. The molecule has 27 heavy (non-hydrogen) atoms. The molecule has 0 spiro atoms. The molecule has 0 aliphatic carbocycles.